The van der Waals surface area contributed by atoms with Crippen LogP contribution in [-0.4, -0.2) is 20.3 Å². The van der Waals surface area contributed by atoms with Crippen LogP contribution in [0.2, 0.25) is 0 Å². The van der Waals surface area contributed by atoms with Crippen LogP contribution in [0.25, 0.3) is 0 Å². The molecule has 0 unspecified atom stereocenters. The highest BCUT2D eigenvalue weighted by Gasteiger charge is 1.99. The Hall–Kier alpha value is -1.28. The standard InChI is InChI=1S/C14H21NO/c1-3-4-7-11-15-14-9-6-5-8-13(14)10-12-16-2/h3,5-6,8-9,15H,1,4,7,10-12H2,2H3. The largest absolute Gasteiger partial charge is 0.385 e. The van der Waals surface area contributed by atoms with E-state index in [1.807, 2.05) is 6.08 Å². The highest BCUT2D eigenvalue weighted by molar-refractivity contribution is 5.51. The molecule has 0 radical (unpaired) electrons. The van der Waals surface area contributed by atoms with Crippen LogP contribution in [0.3, 0.4) is 0 Å². The molecule has 0 saturated carbocycles. The molecule has 0 saturated heterocycles. The topological polar surface area (TPSA) is 21.3 Å². The Morgan fingerprint density at radius 1 is 1.38 bits per heavy atom. The number of methoxy groups -OCH3 is 1. The van der Waals surface area contributed by atoms with Crippen LogP contribution in [0, 0.1) is 0 Å². The Bertz CT molecular complexity index is 309. The predicted octanol–water partition coefficient (Wildman–Crippen LogP) is 3.25. The molecule has 0 atom stereocenters. The third-order valence-electron chi connectivity index (χ3n) is 2.49. The zero-order chi connectivity index (χ0) is 11.6. The average Bonchev–Trinajstić information content (AvgIpc) is 2.33. The first kappa shape index (κ1) is 12.8. The lowest BCUT2D eigenvalue weighted by Crippen LogP contribution is -2.05. The summed E-state index contributed by atoms with van der Waals surface area (Å²) < 4.78 is 5.10. The monoisotopic (exact) mass is 219 g/mol. The minimum Gasteiger partial charge on any atom is -0.385 e. The summed E-state index contributed by atoms with van der Waals surface area (Å²) in [5.74, 6) is 0. The fraction of sp³-hybridized carbons (Fsp3) is 0.429. The fourth-order valence-electron chi connectivity index (χ4n) is 1.59. The molecule has 1 N–H and O–H groups in total. The minimum atomic E-state index is 0.769. The smallest absolute Gasteiger partial charge is 0.0503 e. The maximum absolute atomic E-state index is 5.10. The van der Waals surface area contributed by atoms with Gasteiger partial charge in [0.05, 0.1) is 6.61 Å². The molecule has 0 aromatic heterocycles. The Kier molecular flexibility index (Phi) is 6.35. The van der Waals surface area contributed by atoms with E-state index in [4.69, 9.17) is 4.74 Å². The van der Waals surface area contributed by atoms with Crippen molar-refractivity contribution in [2.24, 2.45) is 0 Å². The van der Waals surface area contributed by atoms with Gasteiger partial charge in [0.1, 0.15) is 0 Å². The van der Waals surface area contributed by atoms with Gasteiger partial charge in [-0.2, -0.15) is 0 Å². The molecule has 0 amide bonds. The molecule has 16 heavy (non-hydrogen) atoms. The van der Waals surface area contributed by atoms with Crippen molar-refractivity contribution in [3.05, 3.63) is 42.5 Å². The molecule has 0 aliphatic carbocycles. The molecule has 2 heteroatoms. The number of para-hydroxylation sites is 1. The van der Waals surface area contributed by atoms with Crippen molar-refractivity contribution >= 4 is 5.69 Å². The van der Waals surface area contributed by atoms with E-state index in [0.29, 0.717) is 0 Å². The number of nitrogens with one attached hydrogen (secondary N) is 1. The highest BCUT2D eigenvalue weighted by Crippen LogP contribution is 2.15. The van der Waals surface area contributed by atoms with Crippen molar-refractivity contribution in [2.45, 2.75) is 19.3 Å². The van der Waals surface area contributed by atoms with Crippen molar-refractivity contribution in [2.75, 3.05) is 25.6 Å². The molecule has 1 rings (SSSR count). The summed E-state index contributed by atoms with van der Waals surface area (Å²) in [7, 11) is 1.74. The van der Waals surface area contributed by atoms with E-state index >= 15 is 0 Å². The molecule has 0 bridgehead atoms. The van der Waals surface area contributed by atoms with E-state index < -0.39 is 0 Å². The zero-order valence-electron chi connectivity index (χ0n) is 10.0. The summed E-state index contributed by atoms with van der Waals surface area (Å²) in [5, 5.41) is 3.45. The predicted molar refractivity (Wildman–Crippen MR) is 69.9 cm³/mol. The van der Waals surface area contributed by atoms with Crippen LogP contribution < -0.4 is 5.32 Å². The molecule has 88 valence electrons. The van der Waals surface area contributed by atoms with E-state index in [2.05, 4.69) is 36.2 Å². The number of anilines is 1. The Labute approximate surface area is 98.3 Å². The van der Waals surface area contributed by atoms with Crippen molar-refractivity contribution in [3.63, 3.8) is 0 Å². The zero-order valence-corrected chi connectivity index (χ0v) is 10.0. The van der Waals surface area contributed by atoms with E-state index in [-0.39, 0.29) is 0 Å². The lowest BCUT2D eigenvalue weighted by molar-refractivity contribution is 0.202. The van der Waals surface area contributed by atoms with Crippen molar-refractivity contribution in [3.8, 4) is 0 Å². The molecule has 0 fully saturated rings. The van der Waals surface area contributed by atoms with Crippen LogP contribution in [0.1, 0.15) is 18.4 Å². The summed E-state index contributed by atoms with van der Waals surface area (Å²) in [6, 6.07) is 8.40. The van der Waals surface area contributed by atoms with Crippen LogP contribution in [0.4, 0.5) is 5.69 Å². The summed E-state index contributed by atoms with van der Waals surface area (Å²) >= 11 is 0. The highest BCUT2D eigenvalue weighted by atomic mass is 16.5. The van der Waals surface area contributed by atoms with E-state index in [0.717, 1.165) is 32.4 Å². The van der Waals surface area contributed by atoms with E-state index in [1.54, 1.807) is 7.11 Å². The second-order valence-corrected chi connectivity index (χ2v) is 3.76. The third-order valence-corrected chi connectivity index (χ3v) is 2.49. The van der Waals surface area contributed by atoms with Gasteiger partial charge in [-0.25, -0.2) is 0 Å². The first-order chi connectivity index (χ1) is 7.88. The van der Waals surface area contributed by atoms with Crippen molar-refractivity contribution in [1.82, 2.24) is 0 Å². The first-order valence-corrected chi connectivity index (χ1v) is 5.80. The van der Waals surface area contributed by atoms with Gasteiger partial charge >= 0.3 is 0 Å². The average molecular weight is 219 g/mol. The molecule has 2 nitrogen and oxygen atoms in total. The molecule has 0 spiro atoms. The summed E-state index contributed by atoms with van der Waals surface area (Å²) in [4.78, 5) is 0. The molecular formula is C14H21NO. The molecule has 0 heterocycles. The Balaban J connectivity index is 2.46. The van der Waals surface area contributed by atoms with Gasteiger partial charge in [0.15, 0.2) is 0 Å². The van der Waals surface area contributed by atoms with Crippen molar-refractivity contribution < 1.29 is 4.74 Å². The first-order valence-electron chi connectivity index (χ1n) is 5.80. The number of rotatable bonds is 8. The van der Waals surface area contributed by atoms with E-state index in [9.17, 15) is 0 Å². The van der Waals surface area contributed by atoms with Gasteiger partial charge in [0.2, 0.25) is 0 Å². The van der Waals surface area contributed by atoms with Gasteiger partial charge in [0.25, 0.3) is 0 Å². The third kappa shape index (κ3) is 4.49. The number of benzene rings is 1. The molecule has 0 aliphatic rings. The molecular weight excluding hydrogens is 198 g/mol. The van der Waals surface area contributed by atoms with Gasteiger partial charge in [-0.05, 0) is 30.9 Å². The normalized spacial score (nSPS) is 10.1. The molecule has 0 aliphatic heterocycles. The number of allylic oxidation sites excluding steroid dienone is 1. The van der Waals surface area contributed by atoms with Crippen LogP contribution in [0.5, 0.6) is 0 Å². The lowest BCUT2D eigenvalue weighted by atomic mass is 10.1. The van der Waals surface area contributed by atoms with Gasteiger partial charge in [-0.1, -0.05) is 24.3 Å². The maximum Gasteiger partial charge on any atom is 0.0503 e. The van der Waals surface area contributed by atoms with Gasteiger partial charge in [-0.15, -0.1) is 6.58 Å². The Morgan fingerprint density at radius 3 is 2.94 bits per heavy atom. The van der Waals surface area contributed by atoms with Gasteiger partial charge < -0.3 is 10.1 Å². The fourth-order valence-corrected chi connectivity index (χ4v) is 1.59. The maximum atomic E-state index is 5.10. The van der Waals surface area contributed by atoms with Gasteiger partial charge in [0, 0.05) is 19.3 Å². The Morgan fingerprint density at radius 2 is 2.19 bits per heavy atom. The number of hydrogen-bond acceptors (Lipinski definition) is 2. The van der Waals surface area contributed by atoms with Gasteiger partial charge in [-0.3, -0.25) is 0 Å². The second-order valence-electron chi connectivity index (χ2n) is 3.76. The number of ether oxygens (including phenoxy) is 1. The van der Waals surface area contributed by atoms with E-state index in [1.165, 1.54) is 11.3 Å². The lowest BCUT2D eigenvalue weighted by Gasteiger charge is -2.11. The van der Waals surface area contributed by atoms with Crippen LogP contribution in [-0.2, 0) is 11.2 Å². The van der Waals surface area contributed by atoms with Crippen LogP contribution in [0.15, 0.2) is 36.9 Å². The number of hydrogen-bond donors (Lipinski definition) is 1. The molecule has 1 aromatic carbocycles. The summed E-state index contributed by atoms with van der Waals surface area (Å²) in [6.07, 6.45) is 5.11. The summed E-state index contributed by atoms with van der Waals surface area (Å²) in [5.41, 5.74) is 2.55. The SMILES string of the molecule is C=CCCCNc1ccccc1CCOC. The minimum absolute atomic E-state index is 0.769. The number of unbranched alkanes of at least 4 members (excludes halogenated alkanes) is 1. The second kappa shape index (κ2) is 7.94. The summed E-state index contributed by atoms with van der Waals surface area (Å²) in [6.45, 7) is 5.48. The van der Waals surface area contributed by atoms with Crippen LogP contribution >= 0.6 is 0 Å². The quantitative estimate of drug-likeness (QED) is 0.535. The van der Waals surface area contributed by atoms with Crippen molar-refractivity contribution in [1.29, 1.82) is 0 Å². The molecule has 1 aromatic rings.